The number of carbonyl (C=O) groups excluding carboxylic acids is 2. The summed E-state index contributed by atoms with van der Waals surface area (Å²) in [6.07, 6.45) is 6.04. The standard InChI is InChI=1S/C32H32F2N4O3S/c1-31(2,38-16-4-3-5-17-38)27-19-24-28(42-27)26(12-15-35-24)41-25-11-10-22(18-23(25)34)37-30(40)32(13-14-32)29(39)36-21-8-6-20(33)7-9-21/h6-12,15,18-19H,3-5,13-14,16-17H2,1-2H3,(H,36,39)(H,37,40). The number of likely N-dealkylation sites (tertiary alicyclic amines) is 1. The first kappa shape index (κ1) is 28.2. The third kappa shape index (κ3) is 5.48. The second-order valence-electron chi connectivity index (χ2n) is 11.5. The van der Waals surface area contributed by atoms with Crippen molar-refractivity contribution in [3.05, 3.63) is 77.3 Å². The monoisotopic (exact) mass is 590 g/mol. The minimum Gasteiger partial charge on any atom is -0.453 e. The van der Waals surface area contributed by atoms with Gasteiger partial charge < -0.3 is 15.4 Å². The van der Waals surface area contributed by atoms with Crippen LogP contribution in [0.5, 0.6) is 11.5 Å². The van der Waals surface area contributed by atoms with Crippen molar-refractivity contribution in [2.24, 2.45) is 5.41 Å². The maximum absolute atomic E-state index is 15.2. The molecule has 2 N–H and O–H groups in total. The van der Waals surface area contributed by atoms with Gasteiger partial charge in [0, 0.05) is 40.1 Å². The highest BCUT2D eigenvalue weighted by atomic mass is 32.1. The Kier molecular flexibility index (Phi) is 7.44. The SMILES string of the molecule is CC(C)(c1cc2nccc(Oc3ccc(NC(=O)C4(C(=O)Nc5ccc(F)cc5)CC4)cc3F)c2s1)N1CCCCC1. The molecule has 2 aliphatic rings. The van der Waals surface area contributed by atoms with E-state index in [9.17, 15) is 14.0 Å². The number of thiophene rings is 1. The van der Waals surface area contributed by atoms with Crippen molar-refractivity contribution in [1.29, 1.82) is 0 Å². The van der Waals surface area contributed by atoms with Gasteiger partial charge in [-0.2, -0.15) is 0 Å². The molecular formula is C32H32F2N4O3S. The fourth-order valence-electron chi connectivity index (χ4n) is 5.40. The molecule has 0 bridgehead atoms. The van der Waals surface area contributed by atoms with Crippen molar-refractivity contribution >= 4 is 44.7 Å². The highest BCUT2D eigenvalue weighted by Crippen LogP contribution is 2.48. The van der Waals surface area contributed by atoms with Gasteiger partial charge in [-0.05, 0) is 95.1 Å². The Labute approximate surface area is 246 Å². The summed E-state index contributed by atoms with van der Waals surface area (Å²) in [6, 6.07) is 13.3. The van der Waals surface area contributed by atoms with Gasteiger partial charge in [0.05, 0.1) is 10.2 Å². The van der Waals surface area contributed by atoms with Gasteiger partial charge in [0.1, 0.15) is 17.0 Å². The third-order valence-electron chi connectivity index (χ3n) is 8.26. The zero-order valence-corrected chi connectivity index (χ0v) is 24.3. The number of amides is 2. The Morgan fingerprint density at radius 3 is 2.24 bits per heavy atom. The van der Waals surface area contributed by atoms with Gasteiger partial charge in [-0.15, -0.1) is 11.3 Å². The quantitative estimate of drug-likeness (QED) is 0.208. The van der Waals surface area contributed by atoms with Crippen LogP contribution in [0, 0.1) is 17.0 Å². The van der Waals surface area contributed by atoms with Gasteiger partial charge in [-0.25, -0.2) is 8.78 Å². The highest BCUT2D eigenvalue weighted by Gasteiger charge is 2.56. The number of anilines is 2. The van der Waals surface area contributed by atoms with E-state index < -0.39 is 28.9 Å². The maximum Gasteiger partial charge on any atom is 0.240 e. The smallest absolute Gasteiger partial charge is 0.240 e. The molecule has 1 aliphatic carbocycles. The summed E-state index contributed by atoms with van der Waals surface area (Å²) in [5.74, 6) is -1.55. The molecule has 6 rings (SSSR count). The van der Waals surface area contributed by atoms with Crippen molar-refractivity contribution < 1.29 is 23.1 Å². The number of nitrogens with zero attached hydrogens (tertiary/aromatic N) is 2. The second kappa shape index (κ2) is 11.1. The number of piperidine rings is 1. The molecule has 2 amide bonds. The van der Waals surface area contributed by atoms with E-state index in [0.717, 1.165) is 23.3 Å². The van der Waals surface area contributed by atoms with Crippen molar-refractivity contribution in [3.63, 3.8) is 0 Å². The number of hydrogen-bond donors (Lipinski definition) is 2. The van der Waals surface area contributed by atoms with Crippen LogP contribution < -0.4 is 15.4 Å². The molecule has 218 valence electrons. The summed E-state index contributed by atoms with van der Waals surface area (Å²) >= 11 is 1.61. The van der Waals surface area contributed by atoms with Crippen LogP contribution in [0.3, 0.4) is 0 Å². The molecule has 0 spiro atoms. The first-order valence-electron chi connectivity index (χ1n) is 14.2. The van der Waals surface area contributed by atoms with E-state index in [1.807, 2.05) is 0 Å². The summed E-state index contributed by atoms with van der Waals surface area (Å²) in [5, 5.41) is 5.33. The number of pyridine rings is 1. The van der Waals surface area contributed by atoms with Crippen LogP contribution in [0.15, 0.2) is 60.8 Å². The van der Waals surface area contributed by atoms with E-state index in [4.69, 9.17) is 4.74 Å². The predicted octanol–water partition coefficient (Wildman–Crippen LogP) is 7.45. The second-order valence-corrected chi connectivity index (χ2v) is 12.5. The lowest BCUT2D eigenvalue weighted by Crippen LogP contribution is -2.44. The average Bonchev–Trinajstić information content (AvgIpc) is 3.68. The Morgan fingerprint density at radius 1 is 0.905 bits per heavy atom. The molecule has 2 aromatic heterocycles. The van der Waals surface area contributed by atoms with Crippen LogP contribution in [0.2, 0.25) is 0 Å². The van der Waals surface area contributed by atoms with Crippen molar-refractivity contribution in [1.82, 2.24) is 9.88 Å². The number of rotatable bonds is 8. The van der Waals surface area contributed by atoms with Gasteiger partial charge in [0.25, 0.3) is 0 Å². The minimum absolute atomic E-state index is 0.0147. The van der Waals surface area contributed by atoms with Crippen molar-refractivity contribution in [2.45, 2.75) is 51.5 Å². The van der Waals surface area contributed by atoms with Gasteiger partial charge in [0.15, 0.2) is 11.6 Å². The Balaban J connectivity index is 1.15. The first-order chi connectivity index (χ1) is 20.2. The number of aromatic nitrogens is 1. The van der Waals surface area contributed by atoms with E-state index in [0.29, 0.717) is 24.3 Å². The van der Waals surface area contributed by atoms with E-state index in [-0.39, 0.29) is 17.0 Å². The molecule has 42 heavy (non-hydrogen) atoms. The Bertz CT molecular complexity index is 1640. The number of benzene rings is 2. The van der Waals surface area contributed by atoms with E-state index in [2.05, 4.69) is 40.4 Å². The lowest BCUT2D eigenvalue weighted by molar-refractivity contribution is -0.131. The summed E-state index contributed by atoms with van der Waals surface area (Å²) in [4.78, 5) is 34.1. The highest BCUT2D eigenvalue weighted by molar-refractivity contribution is 7.19. The number of fused-ring (bicyclic) bond motifs is 1. The molecule has 0 unspecified atom stereocenters. The van der Waals surface area contributed by atoms with E-state index in [1.54, 1.807) is 29.7 Å². The van der Waals surface area contributed by atoms with Crippen LogP contribution in [0.1, 0.15) is 50.8 Å². The molecule has 1 saturated carbocycles. The molecule has 0 radical (unpaired) electrons. The molecule has 4 aromatic rings. The molecule has 0 atom stereocenters. The lowest BCUT2D eigenvalue weighted by Gasteiger charge is -2.40. The Morgan fingerprint density at radius 2 is 1.57 bits per heavy atom. The van der Waals surface area contributed by atoms with Crippen LogP contribution in [0.4, 0.5) is 20.2 Å². The molecular weight excluding hydrogens is 558 g/mol. The molecule has 2 aromatic carbocycles. The topological polar surface area (TPSA) is 83.6 Å². The number of ether oxygens (including phenoxy) is 1. The largest absolute Gasteiger partial charge is 0.453 e. The van der Waals surface area contributed by atoms with E-state index in [1.165, 1.54) is 60.5 Å². The maximum atomic E-state index is 15.2. The van der Waals surface area contributed by atoms with Crippen LogP contribution in [0.25, 0.3) is 10.2 Å². The van der Waals surface area contributed by atoms with Crippen LogP contribution in [-0.4, -0.2) is 34.8 Å². The lowest BCUT2D eigenvalue weighted by atomic mass is 9.97. The predicted molar refractivity (Wildman–Crippen MR) is 160 cm³/mol. The molecule has 3 heterocycles. The molecule has 2 fully saturated rings. The molecule has 7 nitrogen and oxygen atoms in total. The third-order valence-corrected chi connectivity index (χ3v) is 9.71. The fraction of sp³-hybridized carbons (Fsp3) is 0.344. The van der Waals surface area contributed by atoms with Gasteiger partial charge in [0.2, 0.25) is 11.8 Å². The fourth-order valence-corrected chi connectivity index (χ4v) is 6.60. The minimum atomic E-state index is -1.25. The van der Waals surface area contributed by atoms with Gasteiger partial charge in [-0.3, -0.25) is 19.5 Å². The molecule has 1 saturated heterocycles. The van der Waals surface area contributed by atoms with E-state index >= 15 is 4.39 Å². The summed E-state index contributed by atoms with van der Waals surface area (Å²) in [5.41, 5.74) is 0.0128. The molecule has 10 heteroatoms. The van der Waals surface area contributed by atoms with Gasteiger partial charge in [-0.1, -0.05) is 6.42 Å². The number of nitrogens with one attached hydrogen (secondary N) is 2. The average molecular weight is 591 g/mol. The zero-order chi connectivity index (χ0) is 29.5. The van der Waals surface area contributed by atoms with Crippen molar-refractivity contribution in [2.75, 3.05) is 23.7 Å². The van der Waals surface area contributed by atoms with Gasteiger partial charge >= 0.3 is 0 Å². The van der Waals surface area contributed by atoms with Crippen LogP contribution >= 0.6 is 11.3 Å². The summed E-state index contributed by atoms with van der Waals surface area (Å²) in [7, 11) is 0. The number of hydrogen-bond acceptors (Lipinski definition) is 6. The molecule has 1 aliphatic heterocycles. The number of halogens is 2. The number of carbonyl (C=O) groups is 2. The van der Waals surface area contributed by atoms with Crippen LogP contribution in [-0.2, 0) is 15.1 Å². The Hall–Kier alpha value is -3.89. The summed E-state index contributed by atoms with van der Waals surface area (Å²) in [6.45, 7) is 6.58. The van der Waals surface area contributed by atoms with Crippen molar-refractivity contribution in [3.8, 4) is 11.5 Å². The first-order valence-corrected chi connectivity index (χ1v) is 15.0. The summed E-state index contributed by atoms with van der Waals surface area (Å²) < 4.78 is 35.3. The normalized spacial score (nSPS) is 16.7. The zero-order valence-electron chi connectivity index (χ0n) is 23.5.